The Balaban J connectivity index is 2.75. The van der Waals surface area contributed by atoms with Gasteiger partial charge >= 0.3 is 0 Å². The fourth-order valence-corrected chi connectivity index (χ4v) is 1.14. The van der Waals surface area contributed by atoms with Gasteiger partial charge < -0.3 is 10.4 Å². The van der Waals surface area contributed by atoms with E-state index in [-0.39, 0.29) is 0 Å². The Morgan fingerprint density at radius 1 is 1.27 bits per heavy atom. The summed E-state index contributed by atoms with van der Waals surface area (Å²) in [4.78, 5) is 0. The number of benzene rings is 1. The monoisotopic (exact) mass is 203 g/mol. The number of rotatable bonds is 2. The highest BCUT2D eigenvalue weighted by Crippen LogP contribution is 2.04. The first-order valence-electron chi connectivity index (χ1n) is 5.00. The van der Waals surface area contributed by atoms with Crippen LogP contribution < -0.4 is 5.32 Å². The van der Waals surface area contributed by atoms with E-state index in [0.29, 0.717) is 0 Å². The minimum Gasteiger partial charge on any atom is -0.378 e. The molecule has 0 bridgehead atoms. The fourth-order valence-electron chi connectivity index (χ4n) is 1.14. The van der Waals surface area contributed by atoms with Crippen molar-refractivity contribution in [3.63, 3.8) is 0 Å². The van der Waals surface area contributed by atoms with Crippen LogP contribution in [0.1, 0.15) is 25.0 Å². The van der Waals surface area contributed by atoms with Gasteiger partial charge in [-0.05, 0) is 38.6 Å². The largest absolute Gasteiger partial charge is 0.378 e. The van der Waals surface area contributed by atoms with E-state index in [1.54, 1.807) is 13.8 Å². The molecule has 0 aliphatic carbocycles. The molecule has 0 atom stereocenters. The number of hydrogen-bond donors (Lipinski definition) is 2. The minimum absolute atomic E-state index is 0.860. The van der Waals surface area contributed by atoms with Crippen molar-refractivity contribution in [2.24, 2.45) is 0 Å². The molecule has 0 aliphatic heterocycles. The first kappa shape index (κ1) is 11.8. The molecule has 1 rings (SSSR count). The summed E-state index contributed by atoms with van der Waals surface area (Å²) in [6, 6.07) is 7.99. The lowest BCUT2D eigenvalue weighted by Crippen LogP contribution is -2.14. The van der Waals surface area contributed by atoms with E-state index in [1.807, 2.05) is 31.3 Å². The second-order valence-corrected chi connectivity index (χ2v) is 4.04. The molecule has 2 nitrogen and oxygen atoms in total. The molecule has 0 saturated carbocycles. The van der Waals surface area contributed by atoms with Gasteiger partial charge in [0.25, 0.3) is 0 Å². The van der Waals surface area contributed by atoms with Crippen molar-refractivity contribution in [1.82, 2.24) is 5.32 Å². The van der Waals surface area contributed by atoms with Gasteiger partial charge in [-0.25, -0.2) is 0 Å². The van der Waals surface area contributed by atoms with E-state index < -0.39 is 5.60 Å². The van der Waals surface area contributed by atoms with Gasteiger partial charge in [0, 0.05) is 12.1 Å². The molecule has 15 heavy (non-hydrogen) atoms. The third-order valence-electron chi connectivity index (χ3n) is 1.85. The van der Waals surface area contributed by atoms with Crippen molar-refractivity contribution in [2.45, 2.75) is 26.0 Å². The van der Waals surface area contributed by atoms with E-state index in [1.165, 1.54) is 5.56 Å². The van der Waals surface area contributed by atoms with Crippen molar-refractivity contribution in [3.8, 4) is 11.8 Å². The van der Waals surface area contributed by atoms with Crippen LogP contribution in [0.3, 0.4) is 0 Å². The predicted octanol–water partition coefficient (Wildman–Crippen LogP) is 1.53. The summed E-state index contributed by atoms with van der Waals surface area (Å²) >= 11 is 0. The van der Waals surface area contributed by atoms with Gasteiger partial charge in [0.05, 0.1) is 0 Å². The lowest BCUT2D eigenvalue weighted by molar-refractivity contribution is 0.143. The van der Waals surface area contributed by atoms with E-state index in [2.05, 4.69) is 17.2 Å². The summed E-state index contributed by atoms with van der Waals surface area (Å²) in [7, 11) is 1.92. The molecule has 0 spiro atoms. The summed E-state index contributed by atoms with van der Waals surface area (Å²) in [5.74, 6) is 5.71. The molecule has 0 radical (unpaired) electrons. The fraction of sp³-hybridized carbons (Fsp3) is 0.385. The normalized spacial score (nSPS) is 10.7. The Kier molecular flexibility index (Phi) is 3.90. The molecule has 80 valence electrons. The quantitative estimate of drug-likeness (QED) is 0.714. The first-order valence-corrected chi connectivity index (χ1v) is 5.00. The highest BCUT2D eigenvalue weighted by atomic mass is 16.3. The van der Waals surface area contributed by atoms with Crippen molar-refractivity contribution in [1.29, 1.82) is 0 Å². The van der Waals surface area contributed by atoms with Gasteiger partial charge in [0.1, 0.15) is 5.60 Å². The maximum Gasteiger partial charge on any atom is 0.120 e. The van der Waals surface area contributed by atoms with Crippen molar-refractivity contribution >= 4 is 0 Å². The van der Waals surface area contributed by atoms with Gasteiger partial charge in [-0.3, -0.25) is 0 Å². The molecule has 2 heteroatoms. The second kappa shape index (κ2) is 4.97. The maximum atomic E-state index is 9.43. The molecule has 1 aromatic carbocycles. The van der Waals surface area contributed by atoms with E-state index >= 15 is 0 Å². The molecule has 0 aliphatic rings. The average Bonchev–Trinajstić information content (AvgIpc) is 2.16. The molecule has 2 N–H and O–H groups in total. The number of hydrogen-bond acceptors (Lipinski definition) is 2. The van der Waals surface area contributed by atoms with Gasteiger partial charge in [-0.2, -0.15) is 0 Å². The average molecular weight is 203 g/mol. The van der Waals surface area contributed by atoms with E-state index in [9.17, 15) is 5.11 Å². The molecule has 0 unspecified atom stereocenters. The Morgan fingerprint density at radius 2 is 1.87 bits per heavy atom. The topological polar surface area (TPSA) is 32.3 Å². The maximum absolute atomic E-state index is 9.43. The Morgan fingerprint density at radius 3 is 2.33 bits per heavy atom. The number of nitrogens with one attached hydrogen (secondary N) is 1. The minimum atomic E-state index is -0.927. The first-order chi connectivity index (χ1) is 7.01. The van der Waals surface area contributed by atoms with Crippen LogP contribution >= 0.6 is 0 Å². The smallest absolute Gasteiger partial charge is 0.120 e. The standard InChI is InChI=1S/C13H17NO/c1-13(2,15)9-8-11-4-6-12(7-5-11)10-14-3/h4-7,14-15H,10H2,1-3H3. The summed E-state index contributed by atoms with van der Waals surface area (Å²) in [5.41, 5.74) is 1.23. The zero-order valence-electron chi connectivity index (χ0n) is 9.46. The lowest BCUT2D eigenvalue weighted by Gasteiger charge is -2.06. The van der Waals surface area contributed by atoms with Gasteiger partial charge in [-0.1, -0.05) is 24.0 Å². The number of aliphatic hydroxyl groups is 1. The van der Waals surface area contributed by atoms with Crippen LogP contribution in [0, 0.1) is 11.8 Å². The van der Waals surface area contributed by atoms with Gasteiger partial charge in [0.2, 0.25) is 0 Å². The SMILES string of the molecule is CNCc1ccc(C#CC(C)(C)O)cc1. The van der Waals surface area contributed by atoms with Crippen molar-refractivity contribution in [3.05, 3.63) is 35.4 Å². The highest BCUT2D eigenvalue weighted by Gasteiger charge is 2.05. The van der Waals surface area contributed by atoms with Crippen LogP contribution in [0.15, 0.2) is 24.3 Å². The Labute approximate surface area is 91.3 Å². The van der Waals surface area contributed by atoms with Crippen LogP contribution in [0.25, 0.3) is 0 Å². The van der Waals surface area contributed by atoms with E-state index in [0.717, 1.165) is 12.1 Å². The molecule has 0 amide bonds. The molecular weight excluding hydrogens is 186 g/mol. The third kappa shape index (κ3) is 4.64. The van der Waals surface area contributed by atoms with E-state index in [4.69, 9.17) is 0 Å². The predicted molar refractivity (Wildman–Crippen MR) is 62.4 cm³/mol. The van der Waals surface area contributed by atoms with Crippen LogP contribution in [-0.2, 0) is 6.54 Å². The second-order valence-electron chi connectivity index (χ2n) is 4.04. The molecule has 0 aromatic heterocycles. The van der Waals surface area contributed by atoms with Gasteiger partial charge in [0.15, 0.2) is 0 Å². The highest BCUT2D eigenvalue weighted by molar-refractivity contribution is 5.37. The lowest BCUT2D eigenvalue weighted by atomic mass is 10.1. The summed E-state index contributed by atoms with van der Waals surface area (Å²) in [6.45, 7) is 4.21. The van der Waals surface area contributed by atoms with Crippen molar-refractivity contribution in [2.75, 3.05) is 7.05 Å². The molecule has 0 heterocycles. The van der Waals surface area contributed by atoms with Crippen LogP contribution in [0.2, 0.25) is 0 Å². The third-order valence-corrected chi connectivity index (χ3v) is 1.85. The molecule has 1 aromatic rings. The van der Waals surface area contributed by atoms with Gasteiger partial charge in [-0.15, -0.1) is 0 Å². The molecular formula is C13H17NO. The van der Waals surface area contributed by atoms with Crippen LogP contribution in [-0.4, -0.2) is 17.8 Å². The zero-order valence-corrected chi connectivity index (χ0v) is 9.46. The van der Waals surface area contributed by atoms with Crippen molar-refractivity contribution < 1.29 is 5.11 Å². The summed E-state index contributed by atoms with van der Waals surface area (Å²) < 4.78 is 0. The summed E-state index contributed by atoms with van der Waals surface area (Å²) in [6.07, 6.45) is 0. The zero-order chi connectivity index (χ0) is 11.3. The van der Waals surface area contributed by atoms with Crippen LogP contribution in [0.5, 0.6) is 0 Å². The van der Waals surface area contributed by atoms with Crippen LogP contribution in [0.4, 0.5) is 0 Å². The Hall–Kier alpha value is -1.30. The molecule has 0 fully saturated rings. The molecule has 0 saturated heterocycles. The summed E-state index contributed by atoms with van der Waals surface area (Å²) in [5, 5.41) is 12.5. The Bertz CT molecular complexity index is 362.